The average molecular weight is 329 g/mol. The van der Waals surface area contributed by atoms with Crippen molar-refractivity contribution in [3.63, 3.8) is 0 Å². The number of dihydropyridines is 1. The molecule has 0 aromatic heterocycles. The molecular formula is C24H27N. The molecule has 1 atom stereocenters. The molecule has 128 valence electrons. The van der Waals surface area contributed by atoms with E-state index in [1.165, 1.54) is 40.8 Å². The van der Waals surface area contributed by atoms with Crippen LogP contribution in [0.25, 0.3) is 5.57 Å². The molecule has 1 aromatic carbocycles. The maximum absolute atomic E-state index is 3.64. The number of allylic oxidation sites excluding steroid dienone is 9. The number of hydrogen-bond donors (Lipinski definition) is 1. The molecule has 4 rings (SSSR count). The van der Waals surface area contributed by atoms with Crippen LogP contribution in [0.2, 0.25) is 0 Å². The van der Waals surface area contributed by atoms with Crippen LogP contribution in [0.3, 0.4) is 0 Å². The minimum Gasteiger partial charge on any atom is -0.384 e. The molecule has 1 unspecified atom stereocenters. The number of nitrogens with one attached hydrogen (secondary N) is 1. The van der Waals surface area contributed by atoms with Crippen LogP contribution in [0.15, 0.2) is 83.1 Å². The molecule has 0 fully saturated rings. The number of benzene rings is 1. The number of rotatable bonds is 3. The van der Waals surface area contributed by atoms with Crippen molar-refractivity contribution in [2.24, 2.45) is 11.8 Å². The fourth-order valence-corrected chi connectivity index (χ4v) is 4.07. The first-order valence-corrected chi connectivity index (χ1v) is 9.53. The Morgan fingerprint density at radius 1 is 1.08 bits per heavy atom. The van der Waals surface area contributed by atoms with E-state index in [1.807, 2.05) is 0 Å². The number of fused-ring (bicyclic) bond motifs is 1. The van der Waals surface area contributed by atoms with E-state index < -0.39 is 0 Å². The highest BCUT2D eigenvalue weighted by molar-refractivity contribution is 5.78. The van der Waals surface area contributed by atoms with Crippen molar-refractivity contribution in [2.45, 2.75) is 33.1 Å². The highest BCUT2D eigenvalue weighted by Gasteiger charge is 2.24. The Kier molecular flexibility index (Phi) is 4.48. The topological polar surface area (TPSA) is 12.0 Å². The Labute approximate surface area is 151 Å². The normalized spacial score (nSPS) is 22.8. The monoisotopic (exact) mass is 329 g/mol. The van der Waals surface area contributed by atoms with Crippen molar-refractivity contribution in [3.05, 3.63) is 88.7 Å². The first kappa shape index (κ1) is 16.2. The van der Waals surface area contributed by atoms with E-state index in [1.54, 1.807) is 5.57 Å². The quantitative estimate of drug-likeness (QED) is 0.690. The summed E-state index contributed by atoms with van der Waals surface area (Å²) in [6, 6.07) is 10.8. The van der Waals surface area contributed by atoms with Gasteiger partial charge in [-0.1, -0.05) is 74.1 Å². The van der Waals surface area contributed by atoms with Crippen molar-refractivity contribution in [1.82, 2.24) is 5.32 Å². The van der Waals surface area contributed by atoms with Gasteiger partial charge in [0.25, 0.3) is 0 Å². The van der Waals surface area contributed by atoms with Crippen molar-refractivity contribution in [1.29, 1.82) is 0 Å². The summed E-state index contributed by atoms with van der Waals surface area (Å²) in [6.07, 6.45) is 15.5. The third-order valence-corrected chi connectivity index (χ3v) is 5.57. The molecule has 1 heteroatoms. The smallest absolute Gasteiger partial charge is 0.0409 e. The first-order chi connectivity index (χ1) is 12.2. The van der Waals surface area contributed by atoms with Gasteiger partial charge in [-0.05, 0) is 53.5 Å². The molecule has 1 aromatic rings. The van der Waals surface area contributed by atoms with E-state index >= 15 is 0 Å². The van der Waals surface area contributed by atoms with Gasteiger partial charge in [0.15, 0.2) is 0 Å². The van der Waals surface area contributed by atoms with E-state index in [0.29, 0.717) is 11.8 Å². The molecule has 1 heterocycles. The molecule has 0 amide bonds. The summed E-state index contributed by atoms with van der Waals surface area (Å²) < 4.78 is 0. The molecular weight excluding hydrogens is 302 g/mol. The lowest BCUT2D eigenvalue weighted by Gasteiger charge is -2.30. The standard InChI is InChI=1S/C24H27N/c1-17(2)24-15-22(23(16-25-24)19-9-4-3-5-10-19)21-13-12-18-8-6-7-11-20(18)14-21/h3-5,7,9-13,15,17,20,25H,6,8,14,16H2,1-2H3. The van der Waals surface area contributed by atoms with Crippen molar-refractivity contribution >= 4 is 5.57 Å². The lowest BCUT2D eigenvalue weighted by molar-refractivity contribution is 0.659. The van der Waals surface area contributed by atoms with Gasteiger partial charge >= 0.3 is 0 Å². The second-order valence-electron chi connectivity index (χ2n) is 7.58. The van der Waals surface area contributed by atoms with Crippen LogP contribution in [-0.2, 0) is 0 Å². The van der Waals surface area contributed by atoms with Gasteiger partial charge in [-0.25, -0.2) is 0 Å². The molecule has 1 nitrogen and oxygen atoms in total. The summed E-state index contributed by atoms with van der Waals surface area (Å²) in [5, 5.41) is 3.64. The van der Waals surface area contributed by atoms with Crippen LogP contribution in [0, 0.1) is 11.8 Å². The zero-order valence-corrected chi connectivity index (χ0v) is 15.3. The van der Waals surface area contributed by atoms with Gasteiger partial charge < -0.3 is 5.32 Å². The van der Waals surface area contributed by atoms with Gasteiger partial charge in [0.05, 0.1) is 0 Å². The summed E-state index contributed by atoms with van der Waals surface area (Å²) >= 11 is 0. The second kappa shape index (κ2) is 6.92. The molecule has 1 aliphatic heterocycles. The van der Waals surface area contributed by atoms with E-state index in [9.17, 15) is 0 Å². The lowest BCUT2D eigenvalue weighted by atomic mass is 9.77. The van der Waals surface area contributed by atoms with E-state index in [2.05, 4.69) is 79.9 Å². The molecule has 1 N–H and O–H groups in total. The molecule has 3 aliphatic rings. The predicted molar refractivity (Wildman–Crippen MR) is 107 cm³/mol. The van der Waals surface area contributed by atoms with Gasteiger partial charge in [-0.2, -0.15) is 0 Å². The first-order valence-electron chi connectivity index (χ1n) is 9.53. The predicted octanol–water partition coefficient (Wildman–Crippen LogP) is 5.81. The van der Waals surface area contributed by atoms with Gasteiger partial charge in [0, 0.05) is 18.2 Å². The summed E-state index contributed by atoms with van der Waals surface area (Å²) in [6.45, 7) is 5.44. The Morgan fingerprint density at radius 3 is 2.72 bits per heavy atom. The molecule has 0 saturated carbocycles. The van der Waals surface area contributed by atoms with Crippen molar-refractivity contribution in [3.8, 4) is 0 Å². The zero-order valence-electron chi connectivity index (χ0n) is 15.3. The minimum atomic E-state index is 0.525. The van der Waals surface area contributed by atoms with Gasteiger partial charge in [-0.3, -0.25) is 0 Å². The third kappa shape index (κ3) is 3.28. The van der Waals surface area contributed by atoms with Crippen molar-refractivity contribution in [2.75, 3.05) is 6.54 Å². The van der Waals surface area contributed by atoms with Gasteiger partial charge in [0.1, 0.15) is 0 Å². The average Bonchev–Trinajstić information content (AvgIpc) is 2.68. The van der Waals surface area contributed by atoms with Gasteiger partial charge in [0.2, 0.25) is 0 Å². The lowest BCUT2D eigenvalue weighted by Crippen LogP contribution is -2.25. The van der Waals surface area contributed by atoms with Crippen LogP contribution >= 0.6 is 0 Å². The maximum Gasteiger partial charge on any atom is 0.0409 e. The second-order valence-corrected chi connectivity index (χ2v) is 7.58. The van der Waals surface area contributed by atoms with Crippen LogP contribution < -0.4 is 5.32 Å². The van der Waals surface area contributed by atoms with Crippen LogP contribution in [0.5, 0.6) is 0 Å². The number of hydrogen-bond acceptors (Lipinski definition) is 1. The SMILES string of the molecule is CC(C)C1=CC(C2=CC=C3CCC=CC3C2)=C(c2ccccc2)CN1. The Balaban J connectivity index is 1.79. The van der Waals surface area contributed by atoms with Crippen molar-refractivity contribution < 1.29 is 0 Å². The maximum atomic E-state index is 3.64. The molecule has 0 spiro atoms. The highest BCUT2D eigenvalue weighted by Crippen LogP contribution is 2.39. The minimum absolute atomic E-state index is 0.525. The van der Waals surface area contributed by atoms with E-state index in [4.69, 9.17) is 0 Å². The summed E-state index contributed by atoms with van der Waals surface area (Å²) in [4.78, 5) is 0. The van der Waals surface area contributed by atoms with E-state index in [-0.39, 0.29) is 0 Å². The Hall–Kier alpha value is -2.28. The zero-order chi connectivity index (χ0) is 17.2. The fraction of sp³-hybridized carbons (Fsp3) is 0.333. The van der Waals surface area contributed by atoms with E-state index in [0.717, 1.165) is 13.0 Å². The Bertz CT molecular complexity index is 800. The van der Waals surface area contributed by atoms with Crippen LogP contribution in [0.1, 0.15) is 38.7 Å². The summed E-state index contributed by atoms with van der Waals surface area (Å²) in [5.41, 5.74) is 8.63. The Morgan fingerprint density at radius 2 is 1.92 bits per heavy atom. The summed E-state index contributed by atoms with van der Waals surface area (Å²) in [5.74, 6) is 1.13. The molecule has 0 saturated heterocycles. The molecule has 2 aliphatic carbocycles. The highest BCUT2D eigenvalue weighted by atomic mass is 14.9. The molecule has 0 bridgehead atoms. The van der Waals surface area contributed by atoms with Gasteiger partial charge in [-0.15, -0.1) is 0 Å². The van der Waals surface area contributed by atoms with Crippen LogP contribution in [-0.4, -0.2) is 6.54 Å². The van der Waals surface area contributed by atoms with Crippen LogP contribution in [0.4, 0.5) is 0 Å². The largest absolute Gasteiger partial charge is 0.384 e. The summed E-state index contributed by atoms with van der Waals surface area (Å²) in [7, 11) is 0. The fourth-order valence-electron chi connectivity index (χ4n) is 4.07. The molecule has 25 heavy (non-hydrogen) atoms. The molecule has 0 radical (unpaired) electrons. The third-order valence-electron chi connectivity index (χ3n) is 5.57.